The van der Waals surface area contributed by atoms with Gasteiger partial charge in [0.1, 0.15) is 5.60 Å². The molecule has 0 spiro atoms. The van der Waals surface area contributed by atoms with E-state index in [2.05, 4.69) is 17.5 Å². The summed E-state index contributed by atoms with van der Waals surface area (Å²) in [6.07, 6.45) is 5.02. The van der Waals surface area contributed by atoms with Gasteiger partial charge in [-0.3, -0.25) is 9.59 Å². The van der Waals surface area contributed by atoms with Crippen LogP contribution in [0.15, 0.2) is 42.5 Å². The number of carbonyl (C=O) groups excluding carboxylic acids is 2. The second-order valence-electron chi connectivity index (χ2n) is 8.17. The highest BCUT2D eigenvalue weighted by atomic mass is 16.6. The van der Waals surface area contributed by atoms with E-state index >= 15 is 0 Å². The molecule has 1 saturated carbocycles. The molecule has 1 aromatic rings. The molecule has 0 aliphatic heterocycles. The molecule has 2 aliphatic carbocycles. The molecular formula is C21H27NO3. The Balaban J connectivity index is 1.74. The summed E-state index contributed by atoms with van der Waals surface area (Å²) in [7, 11) is 0. The van der Waals surface area contributed by atoms with Gasteiger partial charge in [-0.1, -0.05) is 42.5 Å². The number of nitrogens with one attached hydrogen (secondary N) is 1. The third-order valence-electron chi connectivity index (χ3n) is 5.10. The van der Waals surface area contributed by atoms with Crippen molar-refractivity contribution in [2.75, 3.05) is 0 Å². The minimum atomic E-state index is -0.541. The number of fused-ring (bicyclic) bond motifs is 2. The van der Waals surface area contributed by atoms with E-state index in [0.29, 0.717) is 0 Å². The summed E-state index contributed by atoms with van der Waals surface area (Å²) in [6, 6.07) is 9.78. The predicted molar refractivity (Wildman–Crippen MR) is 96.6 cm³/mol. The van der Waals surface area contributed by atoms with Gasteiger partial charge in [-0.05, 0) is 51.5 Å². The molecule has 2 bridgehead atoms. The van der Waals surface area contributed by atoms with Crippen molar-refractivity contribution in [3.8, 4) is 0 Å². The van der Waals surface area contributed by atoms with Crippen molar-refractivity contribution in [2.45, 2.75) is 45.8 Å². The highest BCUT2D eigenvalue weighted by Gasteiger charge is 2.52. The van der Waals surface area contributed by atoms with Crippen molar-refractivity contribution < 1.29 is 14.3 Å². The summed E-state index contributed by atoms with van der Waals surface area (Å²) in [5, 5.41) is 3.09. The predicted octanol–water partition coefficient (Wildman–Crippen LogP) is 3.64. The number of rotatable bonds is 4. The van der Waals surface area contributed by atoms with E-state index in [0.717, 1.165) is 12.0 Å². The molecule has 0 unspecified atom stereocenters. The van der Waals surface area contributed by atoms with Crippen LogP contribution in [-0.2, 0) is 14.3 Å². The van der Waals surface area contributed by atoms with E-state index in [1.807, 2.05) is 58.0 Å². The summed E-state index contributed by atoms with van der Waals surface area (Å²) >= 11 is 0. The molecule has 1 aromatic carbocycles. The monoisotopic (exact) mass is 341 g/mol. The minimum absolute atomic E-state index is 0.0518. The maximum absolute atomic E-state index is 12.9. The second kappa shape index (κ2) is 6.66. The quantitative estimate of drug-likeness (QED) is 0.672. The van der Waals surface area contributed by atoms with Gasteiger partial charge >= 0.3 is 5.97 Å². The lowest BCUT2D eigenvalue weighted by molar-refractivity contribution is -0.164. The smallest absolute Gasteiger partial charge is 0.310 e. The first-order chi connectivity index (χ1) is 11.8. The maximum Gasteiger partial charge on any atom is 0.310 e. The van der Waals surface area contributed by atoms with Crippen molar-refractivity contribution in [3.63, 3.8) is 0 Å². The molecule has 4 nitrogen and oxygen atoms in total. The van der Waals surface area contributed by atoms with Gasteiger partial charge < -0.3 is 10.1 Å². The van der Waals surface area contributed by atoms with Crippen molar-refractivity contribution in [1.29, 1.82) is 0 Å². The molecule has 1 fully saturated rings. The van der Waals surface area contributed by atoms with Crippen molar-refractivity contribution in [2.24, 2.45) is 23.7 Å². The minimum Gasteiger partial charge on any atom is -0.460 e. The van der Waals surface area contributed by atoms with E-state index in [1.165, 1.54) is 0 Å². The number of ether oxygens (including phenoxy) is 1. The normalized spacial score (nSPS) is 28.6. The lowest BCUT2D eigenvalue weighted by Crippen LogP contribution is -2.43. The van der Waals surface area contributed by atoms with Crippen LogP contribution in [0, 0.1) is 23.7 Å². The Morgan fingerprint density at radius 3 is 2.28 bits per heavy atom. The second-order valence-corrected chi connectivity index (χ2v) is 8.17. The average Bonchev–Trinajstić information content (AvgIpc) is 3.15. The lowest BCUT2D eigenvalue weighted by atomic mass is 9.82. The van der Waals surface area contributed by atoms with Crippen LogP contribution in [0.25, 0.3) is 0 Å². The molecule has 1 amide bonds. The summed E-state index contributed by atoms with van der Waals surface area (Å²) in [6.45, 7) is 7.56. The molecule has 5 atom stereocenters. The SMILES string of the molecule is C[C@H](NC(=O)[C@H]1[C@H](C(=O)OC(C)(C)C)[C@H]2C=C[C@@H]1C2)c1ccccc1. The number of amides is 1. The summed E-state index contributed by atoms with van der Waals surface area (Å²) < 4.78 is 5.59. The molecule has 1 N–H and O–H groups in total. The first kappa shape index (κ1) is 17.7. The van der Waals surface area contributed by atoms with Crippen LogP contribution in [0.4, 0.5) is 0 Å². The van der Waals surface area contributed by atoms with Crippen LogP contribution in [0.2, 0.25) is 0 Å². The Morgan fingerprint density at radius 2 is 1.68 bits per heavy atom. The number of allylic oxidation sites excluding steroid dienone is 2. The lowest BCUT2D eigenvalue weighted by Gasteiger charge is -2.30. The first-order valence-corrected chi connectivity index (χ1v) is 9.03. The maximum atomic E-state index is 12.9. The molecule has 4 heteroatoms. The number of esters is 1. The zero-order valence-corrected chi connectivity index (χ0v) is 15.4. The van der Waals surface area contributed by atoms with Gasteiger partial charge in [-0.2, -0.15) is 0 Å². The Labute approximate surface area is 149 Å². The van der Waals surface area contributed by atoms with E-state index in [9.17, 15) is 9.59 Å². The molecule has 0 radical (unpaired) electrons. The number of benzene rings is 1. The van der Waals surface area contributed by atoms with Gasteiger partial charge in [0.15, 0.2) is 0 Å². The molecule has 134 valence electrons. The van der Waals surface area contributed by atoms with Gasteiger partial charge in [0.25, 0.3) is 0 Å². The standard InChI is InChI=1S/C21H27NO3/c1-13(14-8-6-5-7-9-14)22-19(23)17-15-10-11-16(12-15)18(17)20(24)25-21(2,3)4/h5-11,13,15-18H,12H2,1-4H3,(H,22,23)/t13-,15+,16-,17+,18+/m0/s1. The summed E-state index contributed by atoms with van der Waals surface area (Å²) in [5.74, 6) is -0.776. The largest absolute Gasteiger partial charge is 0.460 e. The van der Waals surface area contributed by atoms with Crippen LogP contribution in [-0.4, -0.2) is 17.5 Å². The van der Waals surface area contributed by atoms with Crippen LogP contribution in [0.3, 0.4) is 0 Å². The summed E-state index contributed by atoms with van der Waals surface area (Å²) in [4.78, 5) is 25.6. The average molecular weight is 341 g/mol. The summed E-state index contributed by atoms with van der Waals surface area (Å²) in [5.41, 5.74) is 0.518. The van der Waals surface area contributed by atoms with E-state index in [1.54, 1.807) is 0 Å². The molecule has 0 saturated heterocycles. The zero-order valence-electron chi connectivity index (χ0n) is 15.4. The fourth-order valence-electron chi connectivity index (χ4n) is 4.01. The van der Waals surface area contributed by atoms with Gasteiger partial charge in [0.2, 0.25) is 5.91 Å². The zero-order chi connectivity index (χ0) is 18.2. The topological polar surface area (TPSA) is 55.4 Å². The van der Waals surface area contributed by atoms with Crippen LogP contribution >= 0.6 is 0 Å². The Hall–Kier alpha value is -2.10. The van der Waals surface area contributed by atoms with Crippen molar-refractivity contribution >= 4 is 11.9 Å². The van der Waals surface area contributed by atoms with Gasteiger partial charge in [-0.25, -0.2) is 0 Å². The van der Waals surface area contributed by atoms with E-state index in [4.69, 9.17) is 4.74 Å². The van der Waals surface area contributed by atoms with Gasteiger partial charge in [0, 0.05) is 0 Å². The first-order valence-electron chi connectivity index (χ1n) is 9.03. The fraction of sp³-hybridized carbons (Fsp3) is 0.524. The van der Waals surface area contributed by atoms with Crippen molar-refractivity contribution in [1.82, 2.24) is 5.32 Å². The van der Waals surface area contributed by atoms with Crippen molar-refractivity contribution in [3.05, 3.63) is 48.0 Å². The van der Waals surface area contributed by atoms with Gasteiger partial charge in [-0.15, -0.1) is 0 Å². The molecular weight excluding hydrogens is 314 g/mol. The van der Waals surface area contributed by atoms with Crippen LogP contribution in [0.1, 0.15) is 45.7 Å². The van der Waals surface area contributed by atoms with E-state index in [-0.39, 0.29) is 41.6 Å². The molecule has 0 heterocycles. The number of carbonyl (C=O) groups is 2. The number of hydrogen-bond donors (Lipinski definition) is 1. The van der Waals surface area contributed by atoms with Crippen LogP contribution < -0.4 is 5.32 Å². The third kappa shape index (κ3) is 3.78. The van der Waals surface area contributed by atoms with E-state index < -0.39 is 5.60 Å². The third-order valence-corrected chi connectivity index (χ3v) is 5.10. The van der Waals surface area contributed by atoms with Crippen LogP contribution in [0.5, 0.6) is 0 Å². The molecule has 0 aromatic heterocycles. The Kier molecular flexibility index (Phi) is 4.72. The highest BCUT2D eigenvalue weighted by Crippen LogP contribution is 2.49. The van der Waals surface area contributed by atoms with Gasteiger partial charge in [0.05, 0.1) is 17.9 Å². The number of hydrogen-bond acceptors (Lipinski definition) is 3. The highest BCUT2D eigenvalue weighted by molar-refractivity contribution is 5.87. The molecule has 25 heavy (non-hydrogen) atoms. The molecule has 3 rings (SSSR count). The Bertz CT molecular complexity index is 674. The fourth-order valence-corrected chi connectivity index (χ4v) is 4.01. The Morgan fingerprint density at radius 1 is 1.08 bits per heavy atom. The molecule has 2 aliphatic rings.